The van der Waals surface area contributed by atoms with Crippen LogP contribution in [-0.4, -0.2) is 24.3 Å². The van der Waals surface area contributed by atoms with Crippen molar-refractivity contribution in [2.75, 3.05) is 18.7 Å². The summed E-state index contributed by atoms with van der Waals surface area (Å²) in [6.07, 6.45) is 4.41. The molecule has 1 saturated heterocycles. The zero-order chi connectivity index (χ0) is 16.4. The summed E-state index contributed by atoms with van der Waals surface area (Å²) in [5.41, 5.74) is 0.735. The Hall–Kier alpha value is -2.21. The summed E-state index contributed by atoms with van der Waals surface area (Å²) in [6, 6.07) is 9.80. The molecule has 0 saturated carbocycles. The number of anilines is 1. The van der Waals surface area contributed by atoms with Gasteiger partial charge in [-0.25, -0.2) is 4.79 Å². The second kappa shape index (κ2) is 6.73. The van der Waals surface area contributed by atoms with E-state index in [9.17, 15) is 4.79 Å². The zero-order valence-electron chi connectivity index (χ0n) is 13.4. The highest BCUT2D eigenvalue weighted by Crippen LogP contribution is 2.36. The summed E-state index contributed by atoms with van der Waals surface area (Å²) in [6.45, 7) is 1.03. The van der Waals surface area contributed by atoms with Crippen LogP contribution in [0.3, 0.4) is 0 Å². The molecule has 2 aliphatic heterocycles. The van der Waals surface area contributed by atoms with Crippen molar-refractivity contribution in [3.63, 3.8) is 0 Å². The van der Waals surface area contributed by atoms with Gasteiger partial charge in [0, 0.05) is 23.2 Å². The van der Waals surface area contributed by atoms with Crippen LogP contribution in [0.4, 0.5) is 10.5 Å². The van der Waals surface area contributed by atoms with Gasteiger partial charge >= 0.3 is 6.03 Å². The molecule has 1 fully saturated rings. The molecule has 0 radical (unpaired) electrons. The highest BCUT2D eigenvalue weighted by atomic mass is 32.1. The first-order chi connectivity index (χ1) is 11.8. The van der Waals surface area contributed by atoms with Crippen LogP contribution in [0.1, 0.15) is 36.6 Å². The molecule has 0 unspecified atom stereocenters. The van der Waals surface area contributed by atoms with Crippen molar-refractivity contribution in [1.82, 2.24) is 4.90 Å². The number of thiophene rings is 1. The number of carbonyl (C=O) groups is 1. The average Bonchev–Trinajstić information content (AvgIpc) is 3.21. The lowest BCUT2D eigenvalue weighted by atomic mass is 10.1. The predicted octanol–water partition coefficient (Wildman–Crippen LogP) is 4.63. The number of nitrogens with one attached hydrogen (secondary N) is 1. The Morgan fingerprint density at radius 1 is 1.17 bits per heavy atom. The lowest BCUT2D eigenvalue weighted by molar-refractivity contribution is 0.174. The topological polar surface area (TPSA) is 50.8 Å². The van der Waals surface area contributed by atoms with Gasteiger partial charge < -0.3 is 19.7 Å². The van der Waals surface area contributed by atoms with Crippen LogP contribution in [0, 0.1) is 0 Å². The minimum absolute atomic E-state index is 0.0471. The monoisotopic (exact) mass is 344 g/mol. The first kappa shape index (κ1) is 15.3. The number of nitrogens with zero attached hydrogens (tertiary/aromatic N) is 1. The Morgan fingerprint density at radius 3 is 2.96 bits per heavy atom. The molecule has 5 nitrogen and oxygen atoms in total. The van der Waals surface area contributed by atoms with E-state index in [0.717, 1.165) is 37.2 Å². The van der Waals surface area contributed by atoms with Crippen LogP contribution in [0.2, 0.25) is 0 Å². The van der Waals surface area contributed by atoms with Crippen LogP contribution in [0.5, 0.6) is 11.5 Å². The molecule has 1 atom stereocenters. The third-order valence-electron chi connectivity index (χ3n) is 4.51. The SMILES string of the molecule is O=C(Nc1ccc2c(c1)OCO2)N1CCCCC[C@@H]1c1cccs1. The second-order valence-corrected chi connectivity index (χ2v) is 7.05. The molecule has 24 heavy (non-hydrogen) atoms. The van der Waals surface area contributed by atoms with Crippen LogP contribution in [0.25, 0.3) is 0 Å². The zero-order valence-corrected chi connectivity index (χ0v) is 14.2. The number of hydrogen-bond acceptors (Lipinski definition) is 4. The average molecular weight is 344 g/mol. The van der Waals surface area contributed by atoms with E-state index >= 15 is 0 Å². The summed E-state index contributed by atoms with van der Waals surface area (Å²) in [5.74, 6) is 1.40. The lowest BCUT2D eigenvalue weighted by Gasteiger charge is -2.29. The van der Waals surface area contributed by atoms with Crippen molar-refractivity contribution in [2.24, 2.45) is 0 Å². The van der Waals surface area contributed by atoms with E-state index in [2.05, 4.69) is 22.8 Å². The molecular formula is C18H20N2O3S. The molecule has 2 amide bonds. The maximum absolute atomic E-state index is 12.9. The first-order valence-corrected chi connectivity index (χ1v) is 9.20. The number of likely N-dealkylation sites (tertiary alicyclic amines) is 1. The standard InChI is InChI=1S/C18H20N2O3S/c21-18(19-13-7-8-15-16(11-13)23-12-22-15)20-9-3-1-2-5-14(20)17-6-4-10-24-17/h4,6-8,10-11,14H,1-3,5,9,12H2,(H,19,21)/t14-/m1/s1. The third kappa shape index (κ3) is 3.06. The Morgan fingerprint density at radius 2 is 2.08 bits per heavy atom. The van der Waals surface area contributed by atoms with Gasteiger partial charge in [-0.05, 0) is 36.4 Å². The van der Waals surface area contributed by atoms with E-state index in [1.54, 1.807) is 11.3 Å². The van der Waals surface area contributed by atoms with Crippen molar-refractivity contribution >= 4 is 23.1 Å². The predicted molar refractivity (Wildman–Crippen MR) is 93.8 cm³/mol. The van der Waals surface area contributed by atoms with Crippen molar-refractivity contribution in [2.45, 2.75) is 31.7 Å². The molecule has 1 N–H and O–H groups in total. The number of amides is 2. The molecule has 2 aliphatic rings. The Bertz CT molecular complexity index is 717. The number of fused-ring (bicyclic) bond motifs is 1. The smallest absolute Gasteiger partial charge is 0.322 e. The summed E-state index contributed by atoms with van der Waals surface area (Å²) < 4.78 is 10.7. The largest absolute Gasteiger partial charge is 0.454 e. The molecule has 6 heteroatoms. The van der Waals surface area contributed by atoms with Gasteiger partial charge in [-0.3, -0.25) is 0 Å². The van der Waals surface area contributed by atoms with Crippen molar-refractivity contribution in [3.05, 3.63) is 40.6 Å². The number of ether oxygens (including phenoxy) is 2. The fourth-order valence-electron chi connectivity index (χ4n) is 3.30. The van der Waals surface area contributed by atoms with Crippen molar-refractivity contribution in [3.8, 4) is 11.5 Å². The molecule has 3 heterocycles. The Labute approximate surface area is 145 Å². The maximum Gasteiger partial charge on any atom is 0.322 e. The number of hydrogen-bond donors (Lipinski definition) is 1. The number of urea groups is 1. The van der Waals surface area contributed by atoms with E-state index in [0.29, 0.717) is 5.75 Å². The van der Waals surface area contributed by atoms with Crippen molar-refractivity contribution < 1.29 is 14.3 Å². The van der Waals surface area contributed by atoms with Crippen LogP contribution >= 0.6 is 11.3 Å². The van der Waals surface area contributed by atoms with Gasteiger partial charge in [0.15, 0.2) is 11.5 Å². The second-order valence-electron chi connectivity index (χ2n) is 6.07. The summed E-state index contributed by atoms with van der Waals surface area (Å²) >= 11 is 1.72. The Balaban J connectivity index is 1.52. The number of benzene rings is 1. The fourth-order valence-corrected chi connectivity index (χ4v) is 4.17. The van der Waals surface area contributed by atoms with Gasteiger partial charge in [0.05, 0.1) is 6.04 Å². The molecule has 1 aromatic carbocycles. The molecule has 4 rings (SSSR count). The third-order valence-corrected chi connectivity index (χ3v) is 5.48. The highest BCUT2D eigenvalue weighted by Gasteiger charge is 2.27. The van der Waals surface area contributed by atoms with E-state index in [4.69, 9.17) is 9.47 Å². The van der Waals surface area contributed by atoms with Gasteiger partial charge in [0.1, 0.15) is 0 Å². The van der Waals surface area contributed by atoms with Gasteiger partial charge in [-0.2, -0.15) is 0 Å². The van der Waals surface area contributed by atoms with Crippen LogP contribution in [0.15, 0.2) is 35.7 Å². The molecule has 1 aromatic heterocycles. The van der Waals surface area contributed by atoms with Crippen LogP contribution in [-0.2, 0) is 0 Å². The minimum atomic E-state index is -0.0471. The number of rotatable bonds is 2. The van der Waals surface area contributed by atoms with E-state index in [1.165, 1.54) is 11.3 Å². The van der Waals surface area contributed by atoms with Gasteiger partial charge in [-0.15, -0.1) is 11.3 Å². The normalized spacial score (nSPS) is 19.8. The quantitative estimate of drug-likeness (QED) is 0.864. The molecule has 0 spiro atoms. The van der Waals surface area contributed by atoms with Gasteiger partial charge in [0.25, 0.3) is 0 Å². The molecule has 2 aromatic rings. The molecule has 0 bridgehead atoms. The van der Waals surface area contributed by atoms with E-state index < -0.39 is 0 Å². The van der Waals surface area contributed by atoms with E-state index in [-0.39, 0.29) is 18.9 Å². The van der Waals surface area contributed by atoms with E-state index in [1.807, 2.05) is 23.1 Å². The summed E-state index contributed by atoms with van der Waals surface area (Å²) in [4.78, 5) is 16.1. The summed E-state index contributed by atoms with van der Waals surface area (Å²) in [7, 11) is 0. The highest BCUT2D eigenvalue weighted by molar-refractivity contribution is 7.10. The molecule has 0 aliphatic carbocycles. The minimum Gasteiger partial charge on any atom is -0.454 e. The van der Waals surface area contributed by atoms with Crippen LogP contribution < -0.4 is 14.8 Å². The molecular weight excluding hydrogens is 324 g/mol. The van der Waals surface area contributed by atoms with Gasteiger partial charge in [0.2, 0.25) is 6.79 Å². The summed E-state index contributed by atoms with van der Waals surface area (Å²) in [5, 5.41) is 5.09. The maximum atomic E-state index is 12.9. The number of carbonyl (C=O) groups excluding carboxylic acids is 1. The fraction of sp³-hybridized carbons (Fsp3) is 0.389. The lowest BCUT2D eigenvalue weighted by Crippen LogP contribution is -2.37. The molecule has 126 valence electrons. The Kier molecular flexibility index (Phi) is 4.30. The first-order valence-electron chi connectivity index (χ1n) is 8.32. The van der Waals surface area contributed by atoms with Gasteiger partial charge in [-0.1, -0.05) is 18.9 Å². The van der Waals surface area contributed by atoms with Crippen molar-refractivity contribution in [1.29, 1.82) is 0 Å².